The van der Waals surface area contributed by atoms with Gasteiger partial charge in [-0.1, -0.05) is 59.7 Å². The molecular weight excluding hydrogens is 456 g/mol. The molecule has 0 aliphatic rings. The predicted molar refractivity (Wildman–Crippen MR) is 139 cm³/mol. The van der Waals surface area contributed by atoms with Crippen LogP contribution in [0.15, 0.2) is 92.1 Å². The van der Waals surface area contributed by atoms with E-state index in [2.05, 4.69) is 15.6 Å². The van der Waals surface area contributed by atoms with Crippen LogP contribution < -0.4 is 16.4 Å². The molecule has 0 radical (unpaired) electrons. The molecule has 1 amide bonds. The van der Waals surface area contributed by atoms with Gasteiger partial charge < -0.3 is 4.42 Å². The van der Waals surface area contributed by atoms with E-state index in [1.165, 1.54) is 12.5 Å². The largest absolute Gasteiger partial charge is 0.463 e. The number of rotatable bonds is 5. The number of benzene rings is 3. The van der Waals surface area contributed by atoms with E-state index in [-0.39, 0.29) is 23.1 Å². The fourth-order valence-electron chi connectivity index (χ4n) is 3.96. The molecule has 0 spiro atoms. The first-order valence-corrected chi connectivity index (χ1v) is 11.3. The summed E-state index contributed by atoms with van der Waals surface area (Å²) in [5.74, 6) is -0.563. The molecule has 0 saturated heterocycles. The van der Waals surface area contributed by atoms with Crippen molar-refractivity contribution in [1.82, 2.24) is 15.2 Å². The lowest BCUT2D eigenvalue weighted by Gasteiger charge is -2.11. The van der Waals surface area contributed by atoms with Crippen LogP contribution in [0.4, 0.5) is 0 Å². The zero-order valence-corrected chi connectivity index (χ0v) is 19.7. The fourth-order valence-corrected chi connectivity index (χ4v) is 3.96. The van der Waals surface area contributed by atoms with Gasteiger partial charge >= 0.3 is 0 Å². The van der Waals surface area contributed by atoms with E-state index >= 15 is 0 Å². The summed E-state index contributed by atoms with van der Waals surface area (Å²) in [6.45, 7) is 3.53. The number of fused-ring (bicyclic) bond motifs is 2. The number of nitrogens with zero attached hydrogens (tertiary/aromatic N) is 3. The first-order chi connectivity index (χ1) is 17.4. The normalized spacial score (nSPS) is 11.4. The Balaban J connectivity index is 1.41. The SMILES string of the molecule is Cc1ccc(-c2nn(CC(=O)N/N=C/c3coc4ccc(C)cc4c3=O)c(=O)c3ccccc23)cc1. The zero-order chi connectivity index (χ0) is 25.2. The van der Waals surface area contributed by atoms with Crippen LogP contribution in [0.2, 0.25) is 0 Å². The quantitative estimate of drug-likeness (QED) is 0.304. The Kier molecular flexibility index (Phi) is 6.00. The number of carbonyl (C=O) groups excluding carboxylic acids is 1. The molecule has 178 valence electrons. The smallest absolute Gasteiger partial charge is 0.275 e. The van der Waals surface area contributed by atoms with E-state index < -0.39 is 5.91 Å². The van der Waals surface area contributed by atoms with Crippen LogP contribution in [0.3, 0.4) is 0 Å². The van der Waals surface area contributed by atoms with E-state index in [0.717, 1.165) is 21.4 Å². The van der Waals surface area contributed by atoms with Crippen LogP contribution in [-0.4, -0.2) is 21.9 Å². The molecule has 0 saturated carbocycles. The van der Waals surface area contributed by atoms with Gasteiger partial charge in [0, 0.05) is 10.9 Å². The molecular formula is C28H22N4O4. The maximum Gasteiger partial charge on any atom is 0.275 e. The first kappa shape index (κ1) is 22.9. The Hall–Kier alpha value is -4.85. The second kappa shape index (κ2) is 9.42. The third kappa shape index (κ3) is 4.44. The van der Waals surface area contributed by atoms with Gasteiger partial charge in [-0.3, -0.25) is 14.4 Å². The minimum atomic E-state index is -0.563. The highest BCUT2D eigenvalue weighted by Crippen LogP contribution is 2.24. The number of aryl methyl sites for hydroxylation is 2. The van der Waals surface area contributed by atoms with Gasteiger partial charge in [0.25, 0.3) is 11.5 Å². The number of carbonyl (C=O) groups is 1. The van der Waals surface area contributed by atoms with Crippen LogP contribution in [0, 0.1) is 13.8 Å². The minimum absolute atomic E-state index is 0.191. The van der Waals surface area contributed by atoms with Crippen molar-refractivity contribution in [3.8, 4) is 11.3 Å². The van der Waals surface area contributed by atoms with E-state index in [4.69, 9.17) is 4.42 Å². The average molecular weight is 479 g/mol. The third-order valence-corrected chi connectivity index (χ3v) is 5.83. The van der Waals surface area contributed by atoms with Crippen molar-refractivity contribution >= 4 is 33.9 Å². The van der Waals surface area contributed by atoms with Crippen molar-refractivity contribution in [2.24, 2.45) is 5.10 Å². The van der Waals surface area contributed by atoms with Gasteiger partial charge in [0.15, 0.2) is 0 Å². The van der Waals surface area contributed by atoms with Gasteiger partial charge in [0.2, 0.25) is 5.43 Å². The molecule has 8 nitrogen and oxygen atoms in total. The molecule has 0 unspecified atom stereocenters. The molecule has 0 bridgehead atoms. The second-order valence-corrected chi connectivity index (χ2v) is 8.54. The summed E-state index contributed by atoms with van der Waals surface area (Å²) < 4.78 is 6.61. The Morgan fingerprint density at radius 3 is 2.47 bits per heavy atom. The maximum absolute atomic E-state index is 13.0. The molecule has 0 atom stereocenters. The summed E-state index contributed by atoms with van der Waals surface area (Å²) in [5, 5.41) is 9.97. The maximum atomic E-state index is 13.0. The lowest BCUT2D eigenvalue weighted by atomic mass is 10.0. The van der Waals surface area contributed by atoms with Gasteiger partial charge in [0.1, 0.15) is 18.4 Å². The van der Waals surface area contributed by atoms with Gasteiger partial charge in [-0.05, 0) is 32.0 Å². The summed E-state index contributed by atoms with van der Waals surface area (Å²) in [7, 11) is 0. The van der Waals surface area contributed by atoms with Crippen LogP contribution in [0.5, 0.6) is 0 Å². The van der Waals surface area contributed by atoms with Gasteiger partial charge in [-0.2, -0.15) is 10.2 Å². The summed E-state index contributed by atoms with van der Waals surface area (Å²) in [5.41, 5.74) is 5.85. The second-order valence-electron chi connectivity index (χ2n) is 8.54. The van der Waals surface area contributed by atoms with Crippen molar-refractivity contribution in [2.45, 2.75) is 20.4 Å². The number of nitrogens with one attached hydrogen (secondary N) is 1. The number of hydrogen-bond donors (Lipinski definition) is 1. The summed E-state index contributed by atoms with van der Waals surface area (Å²) in [6, 6.07) is 20.3. The number of hydrogen-bond acceptors (Lipinski definition) is 6. The Bertz CT molecular complexity index is 1770. The predicted octanol–water partition coefficient (Wildman–Crippen LogP) is 3.94. The van der Waals surface area contributed by atoms with Crippen molar-refractivity contribution in [3.05, 3.63) is 110 Å². The topological polar surface area (TPSA) is 107 Å². The lowest BCUT2D eigenvalue weighted by Crippen LogP contribution is -2.32. The monoisotopic (exact) mass is 478 g/mol. The molecule has 2 heterocycles. The molecule has 0 aliphatic carbocycles. The Morgan fingerprint density at radius 1 is 0.972 bits per heavy atom. The minimum Gasteiger partial charge on any atom is -0.463 e. The molecule has 8 heteroatoms. The number of aromatic nitrogens is 2. The third-order valence-electron chi connectivity index (χ3n) is 5.83. The standard InChI is InChI=1S/C28H22N4O4/c1-17-7-10-19(11-8-17)26-21-5-3-4-6-22(21)28(35)32(31-26)15-25(33)30-29-14-20-16-36-24-12-9-18(2)13-23(24)27(20)34/h3-14,16H,15H2,1-2H3,(H,30,33)/b29-14+. The Morgan fingerprint density at radius 2 is 1.69 bits per heavy atom. The highest BCUT2D eigenvalue weighted by Gasteiger charge is 2.14. The summed E-state index contributed by atoms with van der Waals surface area (Å²) >= 11 is 0. The first-order valence-electron chi connectivity index (χ1n) is 11.3. The van der Waals surface area contributed by atoms with Crippen LogP contribution in [0.1, 0.15) is 16.7 Å². The number of hydrazone groups is 1. The van der Waals surface area contributed by atoms with E-state index in [1.807, 2.05) is 56.3 Å². The lowest BCUT2D eigenvalue weighted by molar-refractivity contribution is -0.121. The van der Waals surface area contributed by atoms with Crippen LogP contribution in [0.25, 0.3) is 33.0 Å². The molecule has 0 aliphatic heterocycles. The van der Waals surface area contributed by atoms with E-state index in [0.29, 0.717) is 27.4 Å². The zero-order valence-electron chi connectivity index (χ0n) is 19.7. The molecule has 36 heavy (non-hydrogen) atoms. The van der Waals surface area contributed by atoms with Crippen molar-refractivity contribution < 1.29 is 9.21 Å². The number of amides is 1. The van der Waals surface area contributed by atoms with Crippen molar-refractivity contribution in [1.29, 1.82) is 0 Å². The molecule has 5 rings (SSSR count). The highest BCUT2D eigenvalue weighted by atomic mass is 16.3. The van der Waals surface area contributed by atoms with Crippen molar-refractivity contribution in [2.75, 3.05) is 0 Å². The van der Waals surface area contributed by atoms with Crippen LogP contribution >= 0.6 is 0 Å². The van der Waals surface area contributed by atoms with Gasteiger partial charge in [-0.25, -0.2) is 10.1 Å². The molecule has 0 fully saturated rings. The Labute approximate surface area is 205 Å². The molecule has 1 N–H and O–H groups in total. The van der Waals surface area contributed by atoms with E-state index in [9.17, 15) is 14.4 Å². The van der Waals surface area contributed by atoms with Gasteiger partial charge in [-0.15, -0.1) is 0 Å². The summed E-state index contributed by atoms with van der Waals surface area (Å²) in [6.07, 6.45) is 2.51. The van der Waals surface area contributed by atoms with Gasteiger partial charge in [0.05, 0.1) is 28.2 Å². The van der Waals surface area contributed by atoms with E-state index in [1.54, 1.807) is 24.3 Å². The molecule has 3 aromatic carbocycles. The highest BCUT2D eigenvalue weighted by molar-refractivity contribution is 5.94. The summed E-state index contributed by atoms with van der Waals surface area (Å²) in [4.78, 5) is 38.3. The average Bonchev–Trinajstić information content (AvgIpc) is 2.88. The van der Waals surface area contributed by atoms with Crippen LogP contribution in [-0.2, 0) is 11.3 Å². The fraction of sp³-hybridized carbons (Fsp3) is 0.107. The van der Waals surface area contributed by atoms with Crippen molar-refractivity contribution in [3.63, 3.8) is 0 Å². The molecule has 2 aromatic heterocycles. The molecule has 5 aromatic rings.